The van der Waals surface area contributed by atoms with Crippen molar-refractivity contribution in [2.45, 2.75) is 24.7 Å². The third kappa shape index (κ3) is 4.57. The fraction of sp³-hybridized carbons (Fsp3) is 0.261. The van der Waals surface area contributed by atoms with Crippen molar-refractivity contribution in [3.8, 4) is 17.0 Å². The molecule has 5 heterocycles. The number of ether oxygens (including phenoxy) is 1. The van der Waals surface area contributed by atoms with Gasteiger partial charge in [-0.1, -0.05) is 0 Å². The first-order valence-electron chi connectivity index (χ1n) is 11.5. The van der Waals surface area contributed by atoms with Gasteiger partial charge in [0.25, 0.3) is 5.56 Å². The Hall–Kier alpha value is -4.76. The maximum absolute atomic E-state index is 15.2. The molecule has 1 aliphatic rings. The van der Waals surface area contributed by atoms with Crippen LogP contribution in [0.15, 0.2) is 58.6 Å². The number of nitrogens with zero attached hydrogens (tertiary/aromatic N) is 6. The van der Waals surface area contributed by atoms with E-state index in [4.69, 9.17) is 4.74 Å². The van der Waals surface area contributed by atoms with Crippen molar-refractivity contribution in [1.29, 1.82) is 0 Å². The molecule has 16 heteroatoms. The van der Waals surface area contributed by atoms with E-state index in [-0.39, 0.29) is 40.4 Å². The fourth-order valence-electron chi connectivity index (χ4n) is 4.51. The van der Waals surface area contributed by atoms with E-state index in [0.717, 1.165) is 4.68 Å². The summed E-state index contributed by atoms with van der Waals surface area (Å²) >= 11 is 0. The normalized spacial score (nSPS) is 17.4. The van der Waals surface area contributed by atoms with Crippen LogP contribution in [0.3, 0.4) is 0 Å². The number of aromatic amines is 2. The Bertz CT molecular complexity index is 1820. The van der Waals surface area contributed by atoms with E-state index in [0.29, 0.717) is 5.39 Å². The van der Waals surface area contributed by atoms with E-state index >= 15 is 8.78 Å². The van der Waals surface area contributed by atoms with Crippen molar-refractivity contribution in [2.75, 3.05) is 18.0 Å². The topological polar surface area (TPSA) is 126 Å². The predicted octanol–water partition coefficient (Wildman–Crippen LogP) is 2.59. The SMILES string of the molecule is O=c1[nH]cc(-c2cc(N3C[C@H](Oc4ccc5cnn(CC(F)(F)F)c5c4)C(F)(F)C3)c3nccn3n2)c(=O)[nH]1. The molecule has 0 bridgehead atoms. The molecule has 0 radical (unpaired) electrons. The average Bonchev–Trinajstić information content (AvgIpc) is 3.55. The molecule has 0 aliphatic carbocycles. The molecule has 1 aliphatic heterocycles. The number of aromatic nitrogens is 7. The zero-order valence-corrected chi connectivity index (χ0v) is 19.6. The third-order valence-electron chi connectivity index (χ3n) is 6.26. The van der Waals surface area contributed by atoms with Gasteiger partial charge in [-0.3, -0.25) is 14.5 Å². The number of benzene rings is 1. The Labute approximate surface area is 213 Å². The van der Waals surface area contributed by atoms with E-state index < -0.39 is 42.5 Å². The van der Waals surface area contributed by atoms with Gasteiger partial charge in [0.1, 0.15) is 18.0 Å². The first kappa shape index (κ1) is 24.6. The second-order valence-electron chi connectivity index (χ2n) is 8.98. The Morgan fingerprint density at radius 3 is 2.77 bits per heavy atom. The second-order valence-corrected chi connectivity index (χ2v) is 8.98. The molecule has 6 rings (SSSR count). The summed E-state index contributed by atoms with van der Waals surface area (Å²) < 4.78 is 76.7. The summed E-state index contributed by atoms with van der Waals surface area (Å²) in [6, 6.07) is 5.48. The smallest absolute Gasteiger partial charge is 0.408 e. The van der Waals surface area contributed by atoms with Crippen molar-refractivity contribution >= 4 is 22.2 Å². The minimum atomic E-state index is -4.52. The van der Waals surface area contributed by atoms with Gasteiger partial charge in [-0.15, -0.1) is 0 Å². The molecule has 0 spiro atoms. The molecule has 1 atom stereocenters. The monoisotopic (exact) mass is 548 g/mol. The highest BCUT2D eigenvalue weighted by Gasteiger charge is 2.50. The number of nitrogens with one attached hydrogen (secondary N) is 2. The molecule has 1 saturated heterocycles. The lowest BCUT2D eigenvalue weighted by Crippen LogP contribution is -2.36. The van der Waals surface area contributed by atoms with Gasteiger partial charge < -0.3 is 14.6 Å². The molecule has 1 fully saturated rings. The first-order valence-corrected chi connectivity index (χ1v) is 11.5. The van der Waals surface area contributed by atoms with Gasteiger partial charge in [0.2, 0.25) is 0 Å². The van der Waals surface area contributed by atoms with E-state index in [1.54, 1.807) is 0 Å². The lowest BCUT2D eigenvalue weighted by atomic mass is 10.2. The van der Waals surface area contributed by atoms with Crippen LogP contribution in [0.4, 0.5) is 27.6 Å². The number of imidazole rings is 1. The molecular formula is C23H17F5N8O3. The number of alkyl halides is 5. The minimum Gasteiger partial charge on any atom is -0.482 e. The standard InChI is InChI=1S/C23H17F5N8O3/c24-22(25)10-34(9-18(22)39-13-2-1-12-7-31-36(16(12)5-13)11-23(26,27)28)17-6-15(33-35-4-3-29-19(17)35)14-8-30-21(38)32-20(14)37/h1-8,18H,9-11H2,(H2,30,32,37,38)/t18-/m0/s1. The van der Waals surface area contributed by atoms with Crippen LogP contribution in [-0.2, 0) is 6.54 Å². The van der Waals surface area contributed by atoms with Gasteiger partial charge in [-0.05, 0) is 18.2 Å². The van der Waals surface area contributed by atoms with Crippen molar-refractivity contribution in [1.82, 2.24) is 34.3 Å². The lowest BCUT2D eigenvalue weighted by Gasteiger charge is -2.19. The van der Waals surface area contributed by atoms with Crippen molar-refractivity contribution in [2.24, 2.45) is 0 Å². The maximum atomic E-state index is 15.2. The number of H-pyrrole nitrogens is 2. The van der Waals surface area contributed by atoms with Crippen molar-refractivity contribution in [3.05, 3.63) is 69.9 Å². The number of hydrogen-bond acceptors (Lipinski definition) is 7. The molecule has 4 aromatic heterocycles. The van der Waals surface area contributed by atoms with Crippen molar-refractivity contribution < 1.29 is 26.7 Å². The van der Waals surface area contributed by atoms with Crippen LogP contribution in [0.25, 0.3) is 27.8 Å². The zero-order valence-electron chi connectivity index (χ0n) is 19.6. The first-order chi connectivity index (χ1) is 18.5. The highest BCUT2D eigenvalue weighted by Crippen LogP contribution is 2.37. The van der Waals surface area contributed by atoms with Crippen LogP contribution >= 0.6 is 0 Å². The summed E-state index contributed by atoms with van der Waals surface area (Å²) in [5.74, 6) is -3.40. The van der Waals surface area contributed by atoms with E-state index in [1.165, 1.54) is 58.5 Å². The second kappa shape index (κ2) is 8.64. The predicted molar refractivity (Wildman–Crippen MR) is 127 cm³/mol. The Balaban J connectivity index is 1.32. The number of anilines is 1. The number of fused-ring (bicyclic) bond motifs is 2. The largest absolute Gasteiger partial charge is 0.482 e. The van der Waals surface area contributed by atoms with E-state index in [9.17, 15) is 22.8 Å². The number of hydrogen-bond donors (Lipinski definition) is 2. The summed E-state index contributed by atoms with van der Waals surface area (Å²) in [7, 11) is 0. The Morgan fingerprint density at radius 2 is 2.00 bits per heavy atom. The number of rotatable bonds is 5. The van der Waals surface area contributed by atoms with E-state index in [1.807, 2.05) is 0 Å². The summed E-state index contributed by atoms with van der Waals surface area (Å²) in [5, 5.41) is 8.41. The molecule has 2 N–H and O–H groups in total. The van der Waals surface area contributed by atoms with Crippen LogP contribution in [0.5, 0.6) is 5.75 Å². The van der Waals surface area contributed by atoms with Crippen LogP contribution in [0.2, 0.25) is 0 Å². The van der Waals surface area contributed by atoms with Gasteiger partial charge in [-0.2, -0.15) is 23.4 Å². The van der Waals surface area contributed by atoms with Gasteiger partial charge in [-0.25, -0.2) is 23.1 Å². The molecule has 11 nitrogen and oxygen atoms in total. The summed E-state index contributed by atoms with van der Waals surface area (Å²) in [4.78, 5) is 33.7. The Morgan fingerprint density at radius 1 is 1.18 bits per heavy atom. The summed E-state index contributed by atoms with van der Waals surface area (Å²) in [5.41, 5.74) is -0.755. The molecule has 5 aromatic rings. The maximum Gasteiger partial charge on any atom is 0.408 e. The molecule has 1 aromatic carbocycles. The van der Waals surface area contributed by atoms with Gasteiger partial charge in [0.15, 0.2) is 11.8 Å². The fourth-order valence-corrected chi connectivity index (χ4v) is 4.51. The molecule has 0 unspecified atom stereocenters. The van der Waals surface area contributed by atoms with Crippen LogP contribution in [0.1, 0.15) is 0 Å². The van der Waals surface area contributed by atoms with Crippen LogP contribution < -0.4 is 20.9 Å². The van der Waals surface area contributed by atoms with E-state index in [2.05, 4.69) is 25.1 Å². The Kier molecular flexibility index (Phi) is 5.44. The van der Waals surface area contributed by atoms with Gasteiger partial charge >= 0.3 is 17.8 Å². The molecule has 202 valence electrons. The summed E-state index contributed by atoms with van der Waals surface area (Å²) in [6.07, 6.45) is -0.868. The molecule has 39 heavy (non-hydrogen) atoms. The molecule has 0 saturated carbocycles. The average molecular weight is 548 g/mol. The van der Waals surface area contributed by atoms with Gasteiger partial charge in [0, 0.05) is 30.0 Å². The minimum absolute atomic E-state index is 0.00831. The van der Waals surface area contributed by atoms with Crippen LogP contribution in [0, 0.1) is 0 Å². The molecule has 0 amide bonds. The quantitative estimate of drug-likeness (QED) is 0.324. The third-order valence-corrected chi connectivity index (χ3v) is 6.26. The summed E-state index contributed by atoms with van der Waals surface area (Å²) in [6.45, 7) is -2.41. The van der Waals surface area contributed by atoms with Crippen molar-refractivity contribution in [3.63, 3.8) is 0 Å². The zero-order chi connectivity index (χ0) is 27.5. The van der Waals surface area contributed by atoms with Crippen LogP contribution in [-0.4, -0.2) is 65.6 Å². The highest BCUT2D eigenvalue weighted by atomic mass is 19.4. The lowest BCUT2D eigenvalue weighted by molar-refractivity contribution is -0.141. The van der Waals surface area contributed by atoms with Gasteiger partial charge in [0.05, 0.1) is 36.1 Å². The molecular weight excluding hydrogens is 531 g/mol. The highest BCUT2D eigenvalue weighted by molar-refractivity contribution is 5.80. The number of halogens is 5.